The molecular formula is C26H33N3O2. The molecule has 1 saturated heterocycles. The van der Waals surface area contributed by atoms with Crippen LogP contribution in [0.3, 0.4) is 0 Å². The Kier molecular flexibility index (Phi) is 6.08. The highest BCUT2D eigenvalue weighted by molar-refractivity contribution is 5.87. The minimum atomic E-state index is -0.409. The van der Waals surface area contributed by atoms with Gasteiger partial charge in [-0.3, -0.25) is 5.84 Å². The molecule has 2 aliphatic heterocycles. The fourth-order valence-corrected chi connectivity index (χ4v) is 4.71. The highest BCUT2D eigenvalue weighted by atomic mass is 16.5. The smallest absolute Gasteiger partial charge is 0.129 e. The summed E-state index contributed by atoms with van der Waals surface area (Å²) in [4.78, 5) is 2.19. The molecule has 2 aliphatic rings. The van der Waals surface area contributed by atoms with Gasteiger partial charge in [0.2, 0.25) is 0 Å². The zero-order valence-corrected chi connectivity index (χ0v) is 18.6. The van der Waals surface area contributed by atoms with E-state index in [1.54, 1.807) is 0 Å². The van der Waals surface area contributed by atoms with Crippen LogP contribution in [-0.2, 0) is 0 Å². The first-order valence-electron chi connectivity index (χ1n) is 11.2. The zero-order chi connectivity index (χ0) is 22.0. The number of benzene rings is 2. The molecule has 2 aromatic carbocycles. The van der Waals surface area contributed by atoms with Crippen LogP contribution < -0.4 is 10.6 Å². The maximum Gasteiger partial charge on any atom is 0.129 e. The monoisotopic (exact) mass is 419 g/mol. The minimum Gasteiger partial charge on any atom is -0.507 e. The van der Waals surface area contributed by atoms with Crippen molar-refractivity contribution in [2.45, 2.75) is 38.7 Å². The Hall–Kier alpha value is -2.76. The van der Waals surface area contributed by atoms with E-state index in [4.69, 9.17) is 10.6 Å². The Morgan fingerprint density at radius 3 is 2.65 bits per heavy atom. The molecule has 0 aliphatic carbocycles. The van der Waals surface area contributed by atoms with E-state index >= 15 is 0 Å². The third-order valence-electron chi connectivity index (χ3n) is 6.53. The van der Waals surface area contributed by atoms with E-state index in [2.05, 4.69) is 43.5 Å². The van der Waals surface area contributed by atoms with Crippen LogP contribution in [0.2, 0.25) is 0 Å². The topological polar surface area (TPSA) is 62.0 Å². The number of nitrogens with two attached hydrogens (primary N) is 1. The van der Waals surface area contributed by atoms with Crippen LogP contribution in [0.25, 0.3) is 11.3 Å². The number of nitrogens with zero attached hydrogens (tertiary/aromatic N) is 2. The first kappa shape index (κ1) is 21.5. The maximum atomic E-state index is 11.1. The summed E-state index contributed by atoms with van der Waals surface area (Å²) in [5.41, 5.74) is 4.30. The molecule has 2 heterocycles. The van der Waals surface area contributed by atoms with Crippen molar-refractivity contribution in [2.24, 2.45) is 5.84 Å². The minimum absolute atomic E-state index is 0.262. The van der Waals surface area contributed by atoms with Crippen molar-refractivity contribution in [1.82, 2.24) is 9.91 Å². The lowest BCUT2D eigenvalue weighted by molar-refractivity contribution is 0.0988. The van der Waals surface area contributed by atoms with Crippen LogP contribution >= 0.6 is 0 Å². The van der Waals surface area contributed by atoms with Crippen LogP contribution in [0.15, 0.2) is 55.1 Å². The predicted molar refractivity (Wildman–Crippen MR) is 127 cm³/mol. The molecule has 164 valence electrons. The summed E-state index contributed by atoms with van der Waals surface area (Å²) in [5, 5.41) is 12.9. The van der Waals surface area contributed by atoms with Gasteiger partial charge >= 0.3 is 0 Å². The molecular weight excluding hydrogens is 386 g/mol. The highest BCUT2D eigenvalue weighted by Crippen LogP contribution is 2.45. The molecule has 5 nitrogen and oxygen atoms in total. The van der Waals surface area contributed by atoms with Crippen LogP contribution in [0, 0.1) is 0 Å². The standard InChI is InChI=1S/C26H33N3O2/c1-4-28(5-2)19(3)20-11-12-21(24(30)17-20)23-18-26(13-8-15-29(27)16-14-26)31-25-10-7-6-9-22(23)25/h6-7,9-12,17-18,30H,3-5,8,13-16,27H2,1-2H3. The maximum absolute atomic E-state index is 11.1. The molecule has 0 amide bonds. The quantitative estimate of drug-likeness (QED) is 0.692. The summed E-state index contributed by atoms with van der Waals surface area (Å²) in [6.45, 7) is 11.9. The highest BCUT2D eigenvalue weighted by Gasteiger charge is 2.37. The molecule has 0 saturated carbocycles. The van der Waals surface area contributed by atoms with E-state index in [-0.39, 0.29) is 5.75 Å². The predicted octanol–water partition coefficient (Wildman–Crippen LogP) is 4.63. The Morgan fingerprint density at radius 1 is 1.13 bits per heavy atom. The lowest BCUT2D eigenvalue weighted by Gasteiger charge is -2.36. The molecule has 31 heavy (non-hydrogen) atoms. The number of para-hydroxylation sites is 1. The van der Waals surface area contributed by atoms with Crippen molar-refractivity contribution < 1.29 is 9.84 Å². The second kappa shape index (κ2) is 8.77. The molecule has 1 atom stereocenters. The van der Waals surface area contributed by atoms with E-state index in [0.717, 1.165) is 79.2 Å². The summed E-state index contributed by atoms with van der Waals surface area (Å²) in [6, 6.07) is 14.0. The van der Waals surface area contributed by atoms with Crippen molar-refractivity contribution in [2.75, 3.05) is 26.2 Å². The van der Waals surface area contributed by atoms with Crippen molar-refractivity contribution in [3.63, 3.8) is 0 Å². The number of hydrazine groups is 1. The Morgan fingerprint density at radius 2 is 1.90 bits per heavy atom. The number of phenolic OH excluding ortho intramolecular Hbond substituents is 1. The number of aromatic hydroxyl groups is 1. The number of phenols is 1. The lowest BCUT2D eigenvalue weighted by Crippen LogP contribution is -2.39. The first-order chi connectivity index (χ1) is 15.0. The van der Waals surface area contributed by atoms with Gasteiger partial charge in [-0.05, 0) is 56.5 Å². The second-order valence-corrected chi connectivity index (χ2v) is 8.46. The molecule has 5 heteroatoms. The molecule has 1 spiro atoms. The van der Waals surface area contributed by atoms with E-state index in [0.29, 0.717) is 0 Å². The molecule has 1 unspecified atom stereocenters. The fraction of sp³-hybridized carbons (Fsp3) is 0.385. The van der Waals surface area contributed by atoms with Crippen LogP contribution in [0.5, 0.6) is 11.5 Å². The lowest BCUT2D eigenvalue weighted by atomic mass is 9.84. The average molecular weight is 420 g/mol. The van der Waals surface area contributed by atoms with Gasteiger partial charge in [0.15, 0.2) is 0 Å². The Labute approximate surface area is 185 Å². The van der Waals surface area contributed by atoms with E-state index < -0.39 is 5.60 Å². The largest absolute Gasteiger partial charge is 0.507 e. The molecule has 0 aromatic heterocycles. The summed E-state index contributed by atoms with van der Waals surface area (Å²) in [6.07, 6.45) is 4.90. The number of hydrogen-bond donors (Lipinski definition) is 2. The summed E-state index contributed by atoms with van der Waals surface area (Å²) >= 11 is 0. The average Bonchev–Trinajstić information content (AvgIpc) is 2.95. The third kappa shape index (κ3) is 4.21. The van der Waals surface area contributed by atoms with Gasteiger partial charge in [-0.1, -0.05) is 30.8 Å². The van der Waals surface area contributed by atoms with Gasteiger partial charge in [-0.15, -0.1) is 0 Å². The van der Waals surface area contributed by atoms with Crippen LogP contribution in [0.4, 0.5) is 0 Å². The Bertz CT molecular complexity index is 996. The van der Waals surface area contributed by atoms with Gasteiger partial charge < -0.3 is 14.7 Å². The van der Waals surface area contributed by atoms with Crippen molar-refractivity contribution in [3.8, 4) is 11.5 Å². The van der Waals surface area contributed by atoms with Gasteiger partial charge in [0, 0.05) is 55.0 Å². The van der Waals surface area contributed by atoms with Gasteiger partial charge in [0.1, 0.15) is 17.1 Å². The van der Waals surface area contributed by atoms with Crippen LogP contribution in [-0.4, -0.2) is 46.8 Å². The van der Waals surface area contributed by atoms with Crippen molar-refractivity contribution in [1.29, 1.82) is 0 Å². The van der Waals surface area contributed by atoms with E-state index in [1.165, 1.54) is 0 Å². The van der Waals surface area contributed by atoms with Gasteiger partial charge in [0.25, 0.3) is 0 Å². The number of rotatable bonds is 5. The molecule has 4 rings (SSSR count). The van der Waals surface area contributed by atoms with Crippen molar-refractivity contribution in [3.05, 3.63) is 71.8 Å². The zero-order valence-electron chi connectivity index (χ0n) is 18.6. The SMILES string of the molecule is C=C(c1ccc(C2=CC3(CCCN(N)CC3)Oc3ccccc32)c(O)c1)N(CC)CC. The van der Waals surface area contributed by atoms with Gasteiger partial charge in [-0.2, -0.15) is 0 Å². The van der Waals surface area contributed by atoms with Gasteiger partial charge in [-0.25, -0.2) is 5.01 Å². The van der Waals surface area contributed by atoms with Crippen LogP contribution in [0.1, 0.15) is 49.8 Å². The third-order valence-corrected chi connectivity index (χ3v) is 6.53. The summed E-state index contributed by atoms with van der Waals surface area (Å²) in [5.74, 6) is 7.21. The normalized spacial score (nSPS) is 21.1. The number of fused-ring (bicyclic) bond motifs is 1. The molecule has 2 aromatic rings. The molecule has 0 bridgehead atoms. The Balaban J connectivity index is 1.76. The van der Waals surface area contributed by atoms with Gasteiger partial charge in [0.05, 0.1) is 0 Å². The summed E-state index contributed by atoms with van der Waals surface area (Å²) in [7, 11) is 0. The summed E-state index contributed by atoms with van der Waals surface area (Å²) < 4.78 is 6.54. The number of hydrogen-bond acceptors (Lipinski definition) is 5. The number of ether oxygens (including phenoxy) is 1. The second-order valence-electron chi connectivity index (χ2n) is 8.46. The van der Waals surface area contributed by atoms with Crippen molar-refractivity contribution >= 4 is 11.3 Å². The van der Waals surface area contributed by atoms with E-state index in [9.17, 15) is 5.11 Å². The van der Waals surface area contributed by atoms with E-state index in [1.807, 2.05) is 35.3 Å². The molecule has 1 fully saturated rings. The first-order valence-corrected chi connectivity index (χ1v) is 11.2. The molecule has 3 N–H and O–H groups in total. The molecule has 0 radical (unpaired) electrons. The fourth-order valence-electron chi connectivity index (χ4n) is 4.71.